The minimum Gasteiger partial charge on any atom is -0.262 e. The van der Waals surface area contributed by atoms with E-state index in [1.54, 1.807) is 6.07 Å². The second kappa shape index (κ2) is 6.32. The first kappa shape index (κ1) is 16.2. The van der Waals surface area contributed by atoms with E-state index in [-0.39, 0.29) is 11.4 Å². The van der Waals surface area contributed by atoms with Crippen molar-refractivity contribution in [2.75, 3.05) is 10.8 Å². The summed E-state index contributed by atoms with van der Waals surface area (Å²) in [5, 5.41) is 0. The van der Waals surface area contributed by atoms with Gasteiger partial charge in [-0.05, 0) is 49.7 Å². The van der Waals surface area contributed by atoms with Gasteiger partial charge in [0.05, 0.1) is 17.1 Å². The van der Waals surface area contributed by atoms with Gasteiger partial charge in [0, 0.05) is 0 Å². The van der Waals surface area contributed by atoms with Gasteiger partial charge >= 0.3 is 0 Å². The van der Waals surface area contributed by atoms with E-state index in [0.717, 1.165) is 23.3 Å². The second-order valence-corrected chi connectivity index (χ2v) is 6.93. The Hall–Kier alpha value is -2.14. The fourth-order valence-electron chi connectivity index (χ4n) is 2.26. The van der Waals surface area contributed by atoms with Gasteiger partial charge in [0.1, 0.15) is 5.82 Å². The van der Waals surface area contributed by atoms with Gasteiger partial charge in [0.15, 0.2) is 0 Å². The van der Waals surface area contributed by atoms with Crippen molar-refractivity contribution in [3.63, 3.8) is 0 Å². The number of hydrogen-bond donors (Lipinski definition) is 0. The molecule has 0 aliphatic carbocycles. The molecule has 0 unspecified atom stereocenters. The van der Waals surface area contributed by atoms with Gasteiger partial charge < -0.3 is 0 Å². The van der Waals surface area contributed by atoms with Crippen LogP contribution in [-0.2, 0) is 10.0 Å². The summed E-state index contributed by atoms with van der Waals surface area (Å²) in [5.74, 6) is -0.472. The molecule has 22 heavy (non-hydrogen) atoms. The summed E-state index contributed by atoms with van der Waals surface area (Å²) < 4.78 is 40.0. The van der Waals surface area contributed by atoms with E-state index in [1.165, 1.54) is 22.5 Å². The second-order valence-electron chi connectivity index (χ2n) is 5.07. The van der Waals surface area contributed by atoms with E-state index >= 15 is 0 Å². The molecule has 116 valence electrons. The first-order chi connectivity index (χ1) is 10.4. The van der Waals surface area contributed by atoms with Gasteiger partial charge in [-0.1, -0.05) is 23.8 Å². The number of nitrogens with zero attached hydrogens (tertiary/aromatic N) is 1. The normalized spacial score (nSPS) is 11.2. The molecule has 0 radical (unpaired) electrons. The average Bonchev–Trinajstić information content (AvgIpc) is 2.46. The molecule has 2 rings (SSSR count). The van der Waals surface area contributed by atoms with Crippen LogP contribution in [0.2, 0.25) is 0 Å². The first-order valence-corrected chi connectivity index (χ1v) is 8.26. The Labute approximate surface area is 130 Å². The molecule has 5 heteroatoms. The van der Waals surface area contributed by atoms with Gasteiger partial charge in [-0.25, -0.2) is 12.8 Å². The summed E-state index contributed by atoms with van der Waals surface area (Å²) in [6, 6.07) is 10.4. The highest BCUT2D eigenvalue weighted by Gasteiger charge is 2.25. The fraction of sp³-hybridized carbons (Fsp3) is 0.176. The first-order valence-electron chi connectivity index (χ1n) is 6.82. The summed E-state index contributed by atoms with van der Waals surface area (Å²) in [4.78, 5) is 0.0516. The zero-order valence-electron chi connectivity index (χ0n) is 12.6. The predicted octanol–water partition coefficient (Wildman–Crippen LogP) is 3.82. The molecule has 0 N–H and O–H groups in total. The zero-order valence-corrected chi connectivity index (χ0v) is 13.4. The van der Waals surface area contributed by atoms with Crippen molar-refractivity contribution in [1.29, 1.82) is 0 Å². The summed E-state index contributed by atoms with van der Waals surface area (Å²) in [7, 11) is -3.77. The van der Waals surface area contributed by atoms with E-state index < -0.39 is 15.8 Å². The van der Waals surface area contributed by atoms with Crippen LogP contribution in [0.4, 0.5) is 10.1 Å². The molecule has 0 saturated heterocycles. The lowest BCUT2D eigenvalue weighted by atomic mass is 10.1. The lowest BCUT2D eigenvalue weighted by Crippen LogP contribution is -2.31. The molecule has 0 spiro atoms. The molecule has 0 atom stereocenters. The zero-order chi connectivity index (χ0) is 16.3. The third kappa shape index (κ3) is 3.20. The number of aryl methyl sites for hydroxylation is 2. The number of rotatable bonds is 5. The van der Waals surface area contributed by atoms with Gasteiger partial charge in [-0.15, -0.1) is 6.58 Å². The molecule has 0 fully saturated rings. The SMILES string of the molecule is C=CCN(c1ccc(C)cc1C)S(=O)(=O)c1ccc(F)cc1. The lowest BCUT2D eigenvalue weighted by Gasteiger charge is -2.25. The van der Waals surface area contributed by atoms with Crippen molar-refractivity contribution in [3.8, 4) is 0 Å². The van der Waals surface area contributed by atoms with Gasteiger partial charge in [0.2, 0.25) is 0 Å². The minimum atomic E-state index is -3.77. The number of anilines is 1. The highest BCUT2D eigenvalue weighted by Crippen LogP contribution is 2.27. The Kier molecular flexibility index (Phi) is 4.66. The summed E-state index contributed by atoms with van der Waals surface area (Å²) in [6.07, 6.45) is 1.53. The summed E-state index contributed by atoms with van der Waals surface area (Å²) in [5.41, 5.74) is 2.50. The molecule has 2 aromatic carbocycles. The van der Waals surface area contributed by atoms with Crippen LogP contribution in [0.1, 0.15) is 11.1 Å². The fourth-order valence-corrected chi connectivity index (χ4v) is 3.76. The molecule has 0 aliphatic rings. The number of benzene rings is 2. The largest absolute Gasteiger partial charge is 0.264 e. The number of hydrogen-bond acceptors (Lipinski definition) is 2. The van der Waals surface area contributed by atoms with E-state index in [1.807, 2.05) is 26.0 Å². The lowest BCUT2D eigenvalue weighted by molar-refractivity contribution is 0.591. The van der Waals surface area contributed by atoms with E-state index in [2.05, 4.69) is 6.58 Å². The van der Waals surface area contributed by atoms with Crippen LogP contribution < -0.4 is 4.31 Å². The summed E-state index contributed by atoms with van der Waals surface area (Å²) in [6.45, 7) is 7.58. The van der Waals surface area contributed by atoms with E-state index in [9.17, 15) is 12.8 Å². The van der Waals surface area contributed by atoms with Gasteiger partial charge in [-0.3, -0.25) is 4.31 Å². The maximum Gasteiger partial charge on any atom is 0.264 e. The number of halogens is 1. The molecular weight excluding hydrogens is 301 g/mol. The molecule has 0 aromatic heterocycles. The number of sulfonamides is 1. The quantitative estimate of drug-likeness (QED) is 0.786. The Morgan fingerprint density at radius 3 is 2.32 bits per heavy atom. The average molecular weight is 319 g/mol. The Bertz CT molecular complexity index is 783. The van der Waals surface area contributed by atoms with Crippen molar-refractivity contribution in [2.45, 2.75) is 18.7 Å². The van der Waals surface area contributed by atoms with Crippen LogP contribution in [0.3, 0.4) is 0 Å². The van der Waals surface area contributed by atoms with Crippen molar-refractivity contribution in [1.82, 2.24) is 0 Å². The predicted molar refractivity (Wildman–Crippen MR) is 87.0 cm³/mol. The van der Waals surface area contributed by atoms with E-state index in [4.69, 9.17) is 0 Å². The topological polar surface area (TPSA) is 37.4 Å². The highest BCUT2D eigenvalue weighted by molar-refractivity contribution is 7.92. The molecule has 0 aliphatic heterocycles. The van der Waals surface area contributed by atoms with Gasteiger partial charge in [-0.2, -0.15) is 0 Å². The molecule has 0 heterocycles. The van der Waals surface area contributed by atoms with Crippen molar-refractivity contribution < 1.29 is 12.8 Å². The molecular formula is C17H18FNO2S. The third-order valence-electron chi connectivity index (χ3n) is 3.32. The van der Waals surface area contributed by atoms with Crippen molar-refractivity contribution in [2.24, 2.45) is 0 Å². The van der Waals surface area contributed by atoms with Crippen molar-refractivity contribution in [3.05, 3.63) is 72.1 Å². The molecule has 0 bridgehead atoms. The maximum absolute atomic E-state index is 13.0. The maximum atomic E-state index is 13.0. The van der Waals surface area contributed by atoms with E-state index in [0.29, 0.717) is 5.69 Å². The Balaban J connectivity index is 2.55. The standard InChI is InChI=1S/C17H18FNO2S/c1-4-11-19(17-10-5-13(2)12-14(17)3)22(20,21)16-8-6-15(18)7-9-16/h4-10,12H,1,11H2,2-3H3. The minimum absolute atomic E-state index is 0.0516. The Morgan fingerprint density at radius 1 is 1.14 bits per heavy atom. The molecule has 2 aromatic rings. The highest BCUT2D eigenvalue weighted by atomic mass is 32.2. The molecule has 0 saturated carbocycles. The van der Waals surface area contributed by atoms with Crippen LogP contribution in [-0.4, -0.2) is 15.0 Å². The third-order valence-corrected chi connectivity index (χ3v) is 5.11. The monoisotopic (exact) mass is 319 g/mol. The van der Waals surface area contributed by atoms with Crippen LogP contribution in [0.15, 0.2) is 60.0 Å². The summed E-state index contributed by atoms with van der Waals surface area (Å²) >= 11 is 0. The molecule has 0 amide bonds. The molecule has 3 nitrogen and oxygen atoms in total. The van der Waals surface area contributed by atoms with Crippen molar-refractivity contribution >= 4 is 15.7 Å². The Morgan fingerprint density at radius 2 is 1.77 bits per heavy atom. The van der Waals surface area contributed by atoms with Gasteiger partial charge in [0.25, 0.3) is 10.0 Å². The van der Waals surface area contributed by atoms with Crippen LogP contribution in [0.25, 0.3) is 0 Å². The van der Waals surface area contributed by atoms with Crippen LogP contribution >= 0.6 is 0 Å². The smallest absolute Gasteiger partial charge is 0.262 e. The van der Waals surface area contributed by atoms with Crippen LogP contribution in [0.5, 0.6) is 0 Å². The van der Waals surface area contributed by atoms with Crippen LogP contribution in [0, 0.1) is 19.7 Å².